The number of nitrogens with one attached hydrogen (secondary N) is 3. The number of fused-ring (bicyclic) bond motifs is 3. The van der Waals surface area contributed by atoms with Crippen molar-refractivity contribution in [2.24, 2.45) is 16.7 Å². The Balaban J connectivity index is 1.30. The Hall–Kier alpha value is -4.40. The second kappa shape index (κ2) is 13.5. The van der Waals surface area contributed by atoms with E-state index in [1.165, 1.54) is 11.0 Å². The van der Waals surface area contributed by atoms with Gasteiger partial charge in [-0.25, -0.2) is 18.0 Å². The molecule has 14 nitrogen and oxygen atoms in total. The van der Waals surface area contributed by atoms with Gasteiger partial charge >= 0.3 is 12.2 Å². The number of sulfonamides is 1. The van der Waals surface area contributed by atoms with Crippen LogP contribution in [0.4, 0.5) is 9.59 Å². The minimum absolute atomic E-state index is 0.0686. The molecule has 4 bridgehead atoms. The highest BCUT2D eigenvalue weighted by atomic mass is 32.2. The number of allylic oxidation sites excluding steroid dienone is 1. The van der Waals surface area contributed by atoms with Gasteiger partial charge in [0.2, 0.25) is 21.8 Å². The molecule has 5 amide bonds. The highest BCUT2D eigenvalue weighted by molar-refractivity contribution is 7.91. The normalized spacial score (nSPS) is 29.8. The van der Waals surface area contributed by atoms with E-state index in [0.29, 0.717) is 32.4 Å². The summed E-state index contributed by atoms with van der Waals surface area (Å²) in [5.41, 5.74) is 0.0656. The second-order valence-corrected chi connectivity index (χ2v) is 18.5. The van der Waals surface area contributed by atoms with Crippen LogP contribution in [0.2, 0.25) is 0 Å². The van der Waals surface area contributed by atoms with Gasteiger partial charge in [-0.1, -0.05) is 71.0 Å². The number of alkyl carbamates (subject to hydrolysis) is 1. The first-order chi connectivity index (χ1) is 24.3. The summed E-state index contributed by atoms with van der Waals surface area (Å²) in [6, 6.07) is 3.49. The Morgan fingerprint density at radius 1 is 1.12 bits per heavy atom. The Morgan fingerprint density at radius 3 is 2.50 bits per heavy atom. The first-order valence-corrected chi connectivity index (χ1v) is 19.4. The lowest BCUT2D eigenvalue weighted by atomic mass is 9.85. The highest BCUT2D eigenvalue weighted by Gasteiger charge is 2.62. The van der Waals surface area contributed by atoms with Crippen molar-refractivity contribution in [1.29, 1.82) is 0 Å². The average Bonchev–Trinajstić information content (AvgIpc) is 3.95. The van der Waals surface area contributed by atoms with E-state index in [4.69, 9.17) is 9.47 Å². The third-order valence-electron chi connectivity index (χ3n) is 10.6. The number of benzene rings is 1. The van der Waals surface area contributed by atoms with Gasteiger partial charge in [-0.15, -0.1) is 6.58 Å². The van der Waals surface area contributed by atoms with Crippen molar-refractivity contribution in [1.82, 2.24) is 25.2 Å². The smallest absolute Gasteiger partial charge is 0.410 e. The lowest BCUT2D eigenvalue weighted by Crippen LogP contribution is -2.60. The van der Waals surface area contributed by atoms with E-state index >= 15 is 0 Å². The van der Waals surface area contributed by atoms with Crippen molar-refractivity contribution in [3.05, 3.63) is 53.6 Å². The summed E-state index contributed by atoms with van der Waals surface area (Å²) in [5, 5.41) is 4.80. The number of carbonyl (C=O) groups is 5. The number of amides is 5. The summed E-state index contributed by atoms with van der Waals surface area (Å²) in [6.07, 6.45) is 4.70. The van der Waals surface area contributed by atoms with Gasteiger partial charge in [0.15, 0.2) is 0 Å². The van der Waals surface area contributed by atoms with Crippen molar-refractivity contribution in [2.45, 2.75) is 109 Å². The fraction of sp³-hybridized carbons (Fsp3) is 0.595. The van der Waals surface area contributed by atoms with Crippen molar-refractivity contribution >= 4 is 46.0 Å². The van der Waals surface area contributed by atoms with Crippen molar-refractivity contribution in [3.8, 4) is 0 Å². The maximum atomic E-state index is 14.4. The molecule has 6 rings (SSSR count). The molecule has 0 aromatic heterocycles. The van der Waals surface area contributed by atoms with E-state index in [1.807, 2.05) is 44.2 Å². The molecular weight excluding hydrogens is 691 g/mol. The van der Waals surface area contributed by atoms with Crippen LogP contribution < -0.4 is 15.4 Å². The first kappa shape index (κ1) is 37.4. The van der Waals surface area contributed by atoms with E-state index in [9.17, 15) is 32.4 Å². The largest absolute Gasteiger partial charge is 0.449 e. The fourth-order valence-electron chi connectivity index (χ4n) is 7.14. The minimum atomic E-state index is -3.91. The molecule has 15 heteroatoms. The van der Waals surface area contributed by atoms with Crippen molar-refractivity contribution in [2.75, 3.05) is 13.2 Å². The molecule has 3 heterocycles. The Morgan fingerprint density at radius 2 is 1.85 bits per heavy atom. The van der Waals surface area contributed by atoms with Crippen LogP contribution in [0.5, 0.6) is 0 Å². The van der Waals surface area contributed by atoms with Crippen LogP contribution in [0.1, 0.15) is 83.4 Å². The maximum Gasteiger partial charge on any atom is 0.410 e. The molecule has 0 spiro atoms. The van der Waals surface area contributed by atoms with Crippen LogP contribution in [-0.4, -0.2) is 90.3 Å². The third-order valence-corrected chi connectivity index (χ3v) is 12.4. The van der Waals surface area contributed by atoms with Gasteiger partial charge in [-0.05, 0) is 47.8 Å². The quantitative estimate of drug-likeness (QED) is 0.369. The van der Waals surface area contributed by atoms with E-state index in [2.05, 4.69) is 21.9 Å². The number of ether oxygens (including phenoxy) is 2. The molecule has 0 unspecified atom stereocenters. The van der Waals surface area contributed by atoms with Gasteiger partial charge in [-0.3, -0.25) is 24.0 Å². The molecule has 1 saturated heterocycles. The topological polar surface area (TPSA) is 181 Å². The number of cyclic esters (lactones) is 1. The predicted molar refractivity (Wildman–Crippen MR) is 190 cm³/mol. The molecule has 3 N–H and O–H groups in total. The monoisotopic (exact) mass is 739 g/mol. The highest BCUT2D eigenvalue weighted by Crippen LogP contribution is 2.45. The lowest BCUT2D eigenvalue weighted by molar-refractivity contribution is -0.143. The number of nitrogens with zero attached hydrogens (tertiary/aromatic N) is 2. The average molecular weight is 740 g/mol. The molecule has 2 saturated carbocycles. The van der Waals surface area contributed by atoms with Crippen LogP contribution in [0.25, 0.3) is 6.08 Å². The number of hydrogen-bond acceptors (Lipinski definition) is 9. The lowest BCUT2D eigenvalue weighted by Gasteiger charge is -2.35. The molecule has 5 aliphatic rings. The van der Waals surface area contributed by atoms with Gasteiger partial charge in [0.05, 0.1) is 24.9 Å². The first-order valence-electron chi connectivity index (χ1n) is 17.8. The van der Waals surface area contributed by atoms with Gasteiger partial charge in [0.1, 0.15) is 23.7 Å². The molecule has 0 radical (unpaired) electrons. The minimum Gasteiger partial charge on any atom is -0.449 e. The maximum absolute atomic E-state index is 14.4. The summed E-state index contributed by atoms with van der Waals surface area (Å²) in [4.78, 5) is 71.7. The third kappa shape index (κ3) is 7.69. The van der Waals surface area contributed by atoms with Crippen molar-refractivity contribution < 1.29 is 41.9 Å². The molecule has 1 aromatic carbocycles. The SMILES string of the molecule is C=C[C@@H]1C[C@]1(NC(=O)[C@@H]1C[C@@H]2CN1C(=O)[C@H](C(C)(C)C)NC(=O)OCC(C)(C)C/C=C/c1cccc3c1CN(C3)C(=O)O2)C(=O)NS(=O)(=O)C1CC1. The summed E-state index contributed by atoms with van der Waals surface area (Å²) < 4.78 is 39.0. The van der Waals surface area contributed by atoms with Crippen molar-refractivity contribution in [3.63, 3.8) is 0 Å². The van der Waals surface area contributed by atoms with Gasteiger partial charge in [0, 0.05) is 24.3 Å². The Kier molecular flexibility index (Phi) is 9.73. The van der Waals surface area contributed by atoms with E-state index in [-0.39, 0.29) is 26.0 Å². The molecule has 1 aromatic rings. The number of hydrogen-bond donors (Lipinski definition) is 3. The van der Waals surface area contributed by atoms with E-state index in [1.54, 1.807) is 25.7 Å². The zero-order valence-electron chi connectivity index (χ0n) is 30.4. The standard InChI is InChI=1S/C37H49N5O9S/c1-7-24-17-37(24,32(45)40-52(48,49)26-13-14-26)39-30(43)28-16-25-19-42(28)31(44)29(35(2,3)4)38-33(46)50-21-36(5,6)15-9-12-22-10-8-11-23-18-41(20-27(22)23)34(47)51-25/h7-12,24-26,28-29H,1,13-21H2,2-6H3,(H,38,46)(H,39,43)(H,40,45)/b12-9+/t24-,25-,28+,29-,37-/m1/s1. The molecule has 2 aliphatic carbocycles. The van der Waals surface area contributed by atoms with Gasteiger partial charge in [-0.2, -0.15) is 0 Å². The molecule has 3 fully saturated rings. The van der Waals surface area contributed by atoms with Crippen LogP contribution >= 0.6 is 0 Å². The summed E-state index contributed by atoms with van der Waals surface area (Å²) in [7, 11) is -3.91. The van der Waals surface area contributed by atoms with Crippen LogP contribution in [0.15, 0.2) is 36.9 Å². The zero-order valence-corrected chi connectivity index (χ0v) is 31.2. The summed E-state index contributed by atoms with van der Waals surface area (Å²) >= 11 is 0. The van der Waals surface area contributed by atoms with E-state index in [0.717, 1.165) is 16.7 Å². The van der Waals surface area contributed by atoms with Crippen LogP contribution in [0.3, 0.4) is 0 Å². The van der Waals surface area contributed by atoms with Crippen LogP contribution in [0, 0.1) is 16.7 Å². The molecule has 3 aliphatic heterocycles. The van der Waals surface area contributed by atoms with Gasteiger partial charge in [0.25, 0.3) is 5.91 Å². The van der Waals surface area contributed by atoms with Gasteiger partial charge < -0.3 is 25.0 Å². The summed E-state index contributed by atoms with van der Waals surface area (Å²) in [6.45, 7) is 13.5. The zero-order chi connectivity index (χ0) is 37.8. The van der Waals surface area contributed by atoms with Crippen LogP contribution in [-0.2, 0) is 47.0 Å². The Labute approximate surface area is 304 Å². The molecule has 52 heavy (non-hydrogen) atoms. The predicted octanol–water partition coefficient (Wildman–Crippen LogP) is 3.36. The van der Waals surface area contributed by atoms with E-state index < -0.39 is 85.7 Å². The molecule has 5 atom stereocenters. The summed E-state index contributed by atoms with van der Waals surface area (Å²) in [5.74, 6) is -2.74. The second-order valence-electron chi connectivity index (χ2n) is 16.6. The molecule has 282 valence electrons. The fourth-order valence-corrected chi connectivity index (χ4v) is 8.51. The Bertz CT molecular complexity index is 1810. The number of rotatable bonds is 6. The number of carbonyl (C=O) groups excluding carboxylic acids is 5. The molecular formula is C37H49N5O9S.